The lowest BCUT2D eigenvalue weighted by atomic mass is 9.96. The number of alkyl halides is 3. The maximum Gasteiger partial charge on any atom is 0.420 e. The molecule has 0 atom stereocenters. The highest BCUT2D eigenvalue weighted by molar-refractivity contribution is 7.13. The zero-order valence-electron chi connectivity index (χ0n) is 16.9. The van der Waals surface area contributed by atoms with Crippen LogP contribution in [0.4, 0.5) is 23.7 Å². The summed E-state index contributed by atoms with van der Waals surface area (Å²) in [5, 5.41) is 3.71. The number of aromatic nitrogens is 1. The summed E-state index contributed by atoms with van der Waals surface area (Å²) in [5.41, 5.74) is -0.795. The third kappa shape index (κ3) is 4.92. The number of anilines is 1. The van der Waals surface area contributed by atoms with Crippen LogP contribution in [-0.2, 0) is 6.18 Å². The van der Waals surface area contributed by atoms with Gasteiger partial charge in [0, 0.05) is 30.4 Å². The van der Waals surface area contributed by atoms with E-state index in [4.69, 9.17) is 4.74 Å². The van der Waals surface area contributed by atoms with E-state index in [0.717, 1.165) is 48.3 Å². The largest absolute Gasteiger partial charge is 0.457 e. The summed E-state index contributed by atoms with van der Waals surface area (Å²) >= 11 is 1.30. The second-order valence-corrected chi connectivity index (χ2v) is 8.48. The van der Waals surface area contributed by atoms with E-state index in [1.165, 1.54) is 35.6 Å². The number of nitrogens with one attached hydrogen (secondary N) is 1. The molecule has 0 radical (unpaired) electrons. The second-order valence-electron chi connectivity index (χ2n) is 7.65. The van der Waals surface area contributed by atoms with Crippen molar-refractivity contribution in [2.24, 2.45) is 0 Å². The molecule has 0 saturated heterocycles. The van der Waals surface area contributed by atoms with Crippen molar-refractivity contribution in [3.05, 3.63) is 48.2 Å². The minimum atomic E-state index is -4.64. The highest BCUT2D eigenvalue weighted by Gasteiger charge is 2.35. The zero-order chi connectivity index (χ0) is 22.0. The van der Waals surface area contributed by atoms with Crippen molar-refractivity contribution < 1.29 is 22.7 Å². The van der Waals surface area contributed by atoms with Crippen LogP contribution in [0.5, 0.6) is 11.5 Å². The molecule has 0 unspecified atom stereocenters. The van der Waals surface area contributed by atoms with Gasteiger partial charge in [-0.1, -0.05) is 19.3 Å². The molecule has 164 valence electrons. The monoisotopic (exact) mass is 449 g/mol. The normalized spacial score (nSPS) is 15.1. The number of benzene rings is 2. The van der Waals surface area contributed by atoms with E-state index < -0.39 is 17.8 Å². The van der Waals surface area contributed by atoms with Gasteiger partial charge < -0.3 is 10.1 Å². The second kappa shape index (κ2) is 8.74. The lowest BCUT2D eigenvalue weighted by Crippen LogP contribution is -2.44. The number of carbonyl (C=O) groups is 1. The van der Waals surface area contributed by atoms with E-state index in [2.05, 4.69) is 9.69 Å². The van der Waals surface area contributed by atoms with Gasteiger partial charge in [0.05, 0.1) is 4.70 Å². The molecule has 0 spiro atoms. The van der Waals surface area contributed by atoms with Gasteiger partial charge in [-0.15, -0.1) is 0 Å². The maximum absolute atomic E-state index is 13.8. The summed E-state index contributed by atoms with van der Waals surface area (Å²) in [7, 11) is 1.46. The van der Waals surface area contributed by atoms with E-state index in [1.54, 1.807) is 24.4 Å². The molecule has 5 nitrogen and oxygen atoms in total. The van der Waals surface area contributed by atoms with Gasteiger partial charge in [0.1, 0.15) is 17.1 Å². The average molecular weight is 449 g/mol. The molecule has 1 aromatic heterocycles. The first kappa shape index (κ1) is 21.4. The number of urea groups is 1. The lowest BCUT2D eigenvalue weighted by Gasteiger charge is -2.26. The SMILES string of the molecule is CN(C(=O)NC1CCCCC1)c1ccc(Oc2ccc3sncc3c2)c(C(F)(F)F)c1. The molecule has 9 heteroatoms. The predicted molar refractivity (Wildman–Crippen MR) is 115 cm³/mol. The van der Waals surface area contributed by atoms with Crippen LogP contribution < -0.4 is 15.0 Å². The molecular formula is C22H22F3N3O2S. The Morgan fingerprint density at radius 3 is 2.68 bits per heavy atom. The van der Waals surface area contributed by atoms with Crippen molar-refractivity contribution in [2.75, 3.05) is 11.9 Å². The van der Waals surface area contributed by atoms with Crippen molar-refractivity contribution in [3.63, 3.8) is 0 Å². The van der Waals surface area contributed by atoms with Crippen molar-refractivity contribution >= 4 is 33.3 Å². The van der Waals surface area contributed by atoms with Gasteiger partial charge in [-0.25, -0.2) is 4.79 Å². The molecular weight excluding hydrogens is 427 g/mol. The average Bonchev–Trinajstić information content (AvgIpc) is 3.21. The van der Waals surface area contributed by atoms with Gasteiger partial charge in [-0.05, 0) is 60.8 Å². The summed E-state index contributed by atoms with van der Waals surface area (Å²) in [6.07, 6.45) is 2.03. The first-order valence-electron chi connectivity index (χ1n) is 10.1. The molecule has 2 amide bonds. The molecule has 3 aromatic rings. The van der Waals surface area contributed by atoms with Crippen LogP contribution in [0.15, 0.2) is 42.6 Å². The predicted octanol–water partition coefficient (Wildman–Crippen LogP) is 6.59. The Balaban J connectivity index is 1.56. The Hall–Kier alpha value is -2.81. The van der Waals surface area contributed by atoms with Crippen LogP contribution in [0.2, 0.25) is 0 Å². The first-order valence-corrected chi connectivity index (χ1v) is 10.9. The summed E-state index contributed by atoms with van der Waals surface area (Å²) in [6.45, 7) is 0. The van der Waals surface area contributed by atoms with Crippen molar-refractivity contribution in [3.8, 4) is 11.5 Å². The third-order valence-electron chi connectivity index (χ3n) is 5.45. The molecule has 4 rings (SSSR count). The van der Waals surface area contributed by atoms with Crippen molar-refractivity contribution in [1.29, 1.82) is 0 Å². The summed E-state index contributed by atoms with van der Waals surface area (Å²) < 4.78 is 51.8. The van der Waals surface area contributed by atoms with Gasteiger partial charge in [0.25, 0.3) is 0 Å². The van der Waals surface area contributed by atoms with E-state index in [9.17, 15) is 18.0 Å². The number of hydrogen-bond acceptors (Lipinski definition) is 4. The Kier molecular flexibility index (Phi) is 6.04. The van der Waals surface area contributed by atoms with Gasteiger partial charge in [-0.2, -0.15) is 17.5 Å². The van der Waals surface area contributed by atoms with E-state index in [1.807, 2.05) is 0 Å². The fourth-order valence-electron chi connectivity index (χ4n) is 3.71. The summed E-state index contributed by atoms with van der Waals surface area (Å²) in [5.74, 6) is -0.0331. The van der Waals surface area contributed by atoms with Crippen LogP contribution in [0.25, 0.3) is 10.1 Å². The molecule has 2 aromatic carbocycles. The molecule has 1 aliphatic carbocycles. The lowest BCUT2D eigenvalue weighted by molar-refractivity contribution is -0.138. The van der Waals surface area contributed by atoms with Crippen LogP contribution >= 0.6 is 11.5 Å². The number of fused-ring (bicyclic) bond motifs is 1. The molecule has 1 heterocycles. The Morgan fingerprint density at radius 2 is 1.94 bits per heavy atom. The fraction of sp³-hybridized carbons (Fsp3) is 0.364. The third-order valence-corrected chi connectivity index (χ3v) is 6.22. The number of ether oxygens (including phenoxy) is 1. The van der Waals surface area contributed by atoms with Gasteiger partial charge in [-0.3, -0.25) is 4.90 Å². The van der Waals surface area contributed by atoms with Gasteiger partial charge in [0.2, 0.25) is 0 Å². The standard InChI is InChI=1S/C22H22F3N3O2S/c1-28(21(29)27-15-5-3-2-4-6-15)16-7-9-19(18(12-16)22(23,24)25)30-17-8-10-20-14(11-17)13-26-31-20/h7-13,15H,2-6H2,1H3,(H,27,29). The quantitative estimate of drug-likeness (QED) is 0.489. The first-order chi connectivity index (χ1) is 14.8. The number of amides is 2. The van der Waals surface area contributed by atoms with Gasteiger partial charge >= 0.3 is 12.2 Å². The molecule has 1 saturated carbocycles. The Labute approximate surface area is 182 Å². The minimum absolute atomic E-state index is 0.0647. The Morgan fingerprint density at radius 1 is 1.16 bits per heavy atom. The van der Waals surface area contributed by atoms with Crippen LogP contribution in [0, 0.1) is 0 Å². The zero-order valence-corrected chi connectivity index (χ0v) is 17.7. The number of rotatable bonds is 4. The van der Waals surface area contributed by atoms with Crippen LogP contribution in [0.1, 0.15) is 37.7 Å². The number of nitrogens with zero attached hydrogens (tertiary/aromatic N) is 2. The highest BCUT2D eigenvalue weighted by Crippen LogP contribution is 2.40. The molecule has 0 aliphatic heterocycles. The number of hydrogen-bond donors (Lipinski definition) is 1. The topological polar surface area (TPSA) is 54.5 Å². The van der Waals surface area contributed by atoms with E-state index in [-0.39, 0.29) is 23.2 Å². The van der Waals surface area contributed by atoms with E-state index in [0.29, 0.717) is 0 Å². The Bertz CT molecular complexity index is 1080. The van der Waals surface area contributed by atoms with E-state index >= 15 is 0 Å². The fourth-order valence-corrected chi connectivity index (χ4v) is 4.34. The van der Waals surface area contributed by atoms with Crippen LogP contribution in [-0.4, -0.2) is 23.5 Å². The highest BCUT2D eigenvalue weighted by atomic mass is 32.1. The van der Waals surface area contributed by atoms with Crippen molar-refractivity contribution in [2.45, 2.75) is 44.3 Å². The molecule has 1 N–H and O–H groups in total. The molecule has 0 bridgehead atoms. The van der Waals surface area contributed by atoms with Crippen LogP contribution in [0.3, 0.4) is 0 Å². The molecule has 1 aliphatic rings. The minimum Gasteiger partial charge on any atom is -0.457 e. The summed E-state index contributed by atoms with van der Waals surface area (Å²) in [6, 6.07) is 8.32. The molecule has 31 heavy (non-hydrogen) atoms. The van der Waals surface area contributed by atoms with Gasteiger partial charge in [0.15, 0.2) is 0 Å². The smallest absolute Gasteiger partial charge is 0.420 e. The number of halogens is 3. The molecule has 1 fully saturated rings. The number of carbonyl (C=O) groups excluding carboxylic acids is 1. The maximum atomic E-state index is 13.8. The van der Waals surface area contributed by atoms with Crippen molar-refractivity contribution in [1.82, 2.24) is 9.69 Å². The summed E-state index contributed by atoms with van der Waals surface area (Å²) in [4.78, 5) is 13.8.